The van der Waals surface area contributed by atoms with Gasteiger partial charge in [0.25, 0.3) is 0 Å². The third-order valence-corrected chi connectivity index (χ3v) is 11.7. The molecule has 0 fully saturated rings. The van der Waals surface area contributed by atoms with Crippen molar-refractivity contribution in [2.24, 2.45) is 0 Å². The Bertz CT molecular complexity index is 2590. The first-order valence-electron chi connectivity index (χ1n) is 18.3. The molecule has 0 saturated carbocycles. The van der Waals surface area contributed by atoms with Crippen molar-refractivity contribution in [2.75, 3.05) is 16.8 Å². The quantitative estimate of drug-likeness (QED) is 0.163. The lowest BCUT2D eigenvalue weighted by atomic mass is 9.94. The second kappa shape index (κ2) is 13.8. The maximum absolute atomic E-state index is 2.41. The lowest BCUT2D eigenvalue weighted by Gasteiger charge is -2.27. The summed E-state index contributed by atoms with van der Waals surface area (Å²) in [5.74, 6) is 0. The normalized spacial score (nSPS) is 13.6. The van der Waals surface area contributed by atoms with E-state index >= 15 is 0 Å². The average molecular weight is 701 g/mol. The smallest absolute Gasteiger partial charge is 0.0766 e. The predicted octanol–water partition coefficient (Wildman–Crippen LogP) is 14.2. The maximum Gasteiger partial charge on any atom is 0.0766 e. The molecule has 0 radical (unpaired) electrons. The number of aryl methyl sites for hydroxylation is 1. The van der Waals surface area contributed by atoms with Crippen LogP contribution in [-0.4, -0.2) is 12.4 Å². The Balaban J connectivity index is 1.17. The summed E-state index contributed by atoms with van der Waals surface area (Å²) >= 11 is 1.92. The summed E-state index contributed by atoms with van der Waals surface area (Å²) in [5.41, 5.74) is 15.6. The van der Waals surface area contributed by atoms with Gasteiger partial charge in [0.05, 0.1) is 11.1 Å². The molecule has 256 valence electrons. The van der Waals surface area contributed by atoms with E-state index in [4.69, 9.17) is 0 Å². The molecule has 8 aromatic carbocycles. The fourth-order valence-electron chi connectivity index (χ4n) is 7.63. The number of nitrogens with zero attached hydrogens (tertiary/aromatic N) is 2. The molecule has 1 unspecified atom stereocenters. The lowest BCUT2D eigenvalue weighted by Crippen LogP contribution is -2.20. The minimum absolute atomic E-state index is 0.445. The number of hydrogen-bond donors (Lipinski definition) is 0. The SMILES string of the molecule is Cc1cc(-c2ccc3ccccc3c2)cc(N(c2ccc(-c3ccc4c(c3)N(C)C(C)S4)cc2)c2cccc(-c3ccccc3-c3ccccc3)c2)c1. The number of thioether (sulfide) groups is 1. The van der Waals surface area contributed by atoms with E-state index in [9.17, 15) is 0 Å². The molecule has 0 aliphatic carbocycles. The molecule has 0 aromatic heterocycles. The molecule has 0 saturated heterocycles. The Morgan fingerprint density at radius 1 is 0.453 bits per heavy atom. The lowest BCUT2D eigenvalue weighted by molar-refractivity contribution is 0.924. The molecule has 1 heterocycles. The van der Waals surface area contributed by atoms with Crippen LogP contribution in [0, 0.1) is 6.92 Å². The molecule has 0 spiro atoms. The van der Waals surface area contributed by atoms with Crippen molar-refractivity contribution >= 4 is 45.3 Å². The highest BCUT2D eigenvalue weighted by molar-refractivity contribution is 8.00. The largest absolute Gasteiger partial charge is 0.362 e. The topological polar surface area (TPSA) is 6.48 Å². The summed E-state index contributed by atoms with van der Waals surface area (Å²) in [6, 6.07) is 66.6. The van der Waals surface area contributed by atoms with E-state index in [1.54, 1.807) is 0 Å². The van der Waals surface area contributed by atoms with Crippen LogP contribution in [0.2, 0.25) is 0 Å². The molecule has 2 nitrogen and oxygen atoms in total. The van der Waals surface area contributed by atoms with Gasteiger partial charge in [0.2, 0.25) is 0 Å². The first-order chi connectivity index (χ1) is 26.0. The molecular formula is C50H40N2S. The predicted molar refractivity (Wildman–Crippen MR) is 229 cm³/mol. The Hall–Kier alpha value is -6.03. The fourth-order valence-corrected chi connectivity index (χ4v) is 8.73. The van der Waals surface area contributed by atoms with Crippen LogP contribution < -0.4 is 9.80 Å². The van der Waals surface area contributed by atoms with Crippen LogP contribution in [0.5, 0.6) is 0 Å². The Labute approximate surface area is 317 Å². The summed E-state index contributed by atoms with van der Waals surface area (Å²) in [6.45, 7) is 4.46. The molecule has 1 aliphatic heterocycles. The van der Waals surface area contributed by atoms with Gasteiger partial charge < -0.3 is 9.80 Å². The molecule has 1 aliphatic rings. The van der Waals surface area contributed by atoms with Crippen LogP contribution in [0.1, 0.15) is 12.5 Å². The number of hydrogen-bond acceptors (Lipinski definition) is 3. The minimum Gasteiger partial charge on any atom is -0.362 e. The first-order valence-corrected chi connectivity index (χ1v) is 19.2. The number of anilines is 4. The van der Waals surface area contributed by atoms with Gasteiger partial charge in [-0.15, -0.1) is 0 Å². The van der Waals surface area contributed by atoms with E-state index < -0.39 is 0 Å². The highest BCUT2D eigenvalue weighted by atomic mass is 32.2. The molecule has 9 rings (SSSR count). The van der Waals surface area contributed by atoms with Gasteiger partial charge in [0, 0.05) is 29.0 Å². The van der Waals surface area contributed by atoms with E-state index in [1.165, 1.54) is 71.4 Å². The van der Waals surface area contributed by atoms with Crippen molar-refractivity contribution in [3.63, 3.8) is 0 Å². The Kier molecular flexibility index (Phi) is 8.58. The van der Waals surface area contributed by atoms with Gasteiger partial charge in [-0.1, -0.05) is 139 Å². The fraction of sp³-hybridized carbons (Fsp3) is 0.0800. The first kappa shape index (κ1) is 32.8. The minimum atomic E-state index is 0.445. The molecule has 3 heteroatoms. The number of fused-ring (bicyclic) bond motifs is 2. The molecule has 0 bridgehead atoms. The summed E-state index contributed by atoms with van der Waals surface area (Å²) in [7, 11) is 2.19. The van der Waals surface area contributed by atoms with Crippen LogP contribution in [-0.2, 0) is 0 Å². The Morgan fingerprint density at radius 2 is 1.09 bits per heavy atom. The van der Waals surface area contributed by atoms with E-state index in [1.807, 2.05) is 11.8 Å². The second-order valence-corrected chi connectivity index (χ2v) is 15.3. The van der Waals surface area contributed by atoms with Crippen molar-refractivity contribution < 1.29 is 0 Å². The van der Waals surface area contributed by atoms with E-state index in [0.29, 0.717) is 5.37 Å². The zero-order valence-corrected chi connectivity index (χ0v) is 31.0. The highest BCUT2D eigenvalue weighted by Gasteiger charge is 2.24. The van der Waals surface area contributed by atoms with Crippen molar-refractivity contribution in [3.05, 3.63) is 188 Å². The molecule has 1 atom stereocenters. The van der Waals surface area contributed by atoms with Crippen LogP contribution >= 0.6 is 11.8 Å². The maximum atomic E-state index is 2.41. The number of rotatable bonds is 7. The molecule has 53 heavy (non-hydrogen) atoms. The summed E-state index contributed by atoms with van der Waals surface area (Å²) in [6.07, 6.45) is 0. The van der Waals surface area contributed by atoms with E-state index in [0.717, 1.165) is 17.1 Å². The highest BCUT2D eigenvalue weighted by Crippen LogP contribution is 2.45. The Morgan fingerprint density at radius 3 is 1.91 bits per heavy atom. The van der Waals surface area contributed by atoms with Gasteiger partial charge in [0.15, 0.2) is 0 Å². The van der Waals surface area contributed by atoms with Gasteiger partial charge in [-0.05, 0) is 129 Å². The van der Waals surface area contributed by atoms with Gasteiger partial charge in [-0.3, -0.25) is 0 Å². The molecule has 0 N–H and O–H groups in total. The molecule has 0 amide bonds. The van der Waals surface area contributed by atoms with Crippen LogP contribution in [0.15, 0.2) is 187 Å². The van der Waals surface area contributed by atoms with E-state index in [2.05, 4.69) is 213 Å². The van der Waals surface area contributed by atoms with E-state index in [-0.39, 0.29) is 0 Å². The number of benzene rings is 8. The standard InChI is InChI=1S/C50H40N2S/c1-34-28-43(40-21-20-36-12-7-8-15-39(36)30-40)32-46(29-34)52(44-25-22-37(23-26-44)41-24-27-50-49(33-41)51(3)35(2)53-50)45-17-11-16-42(31-45)48-19-10-9-18-47(48)38-13-5-4-6-14-38/h4-33,35H,1-3H3. The average Bonchev–Trinajstić information content (AvgIpc) is 3.50. The van der Waals surface area contributed by atoms with Gasteiger partial charge in [0.1, 0.15) is 0 Å². The van der Waals surface area contributed by atoms with Gasteiger partial charge in [-0.2, -0.15) is 0 Å². The third kappa shape index (κ3) is 6.39. The van der Waals surface area contributed by atoms with Gasteiger partial charge >= 0.3 is 0 Å². The summed E-state index contributed by atoms with van der Waals surface area (Å²) in [5, 5.41) is 2.94. The van der Waals surface area contributed by atoms with Crippen molar-refractivity contribution in [1.29, 1.82) is 0 Å². The summed E-state index contributed by atoms with van der Waals surface area (Å²) < 4.78 is 0. The summed E-state index contributed by atoms with van der Waals surface area (Å²) in [4.78, 5) is 6.12. The second-order valence-electron chi connectivity index (χ2n) is 14.0. The zero-order chi connectivity index (χ0) is 35.9. The van der Waals surface area contributed by atoms with Crippen LogP contribution in [0.4, 0.5) is 22.7 Å². The van der Waals surface area contributed by atoms with Crippen LogP contribution in [0.25, 0.3) is 55.3 Å². The molecule has 8 aromatic rings. The van der Waals surface area contributed by atoms with Crippen molar-refractivity contribution in [3.8, 4) is 44.5 Å². The molecular weight excluding hydrogens is 661 g/mol. The van der Waals surface area contributed by atoms with Crippen molar-refractivity contribution in [2.45, 2.75) is 24.1 Å². The third-order valence-electron chi connectivity index (χ3n) is 10.5. The van der Waals surface area contributed by atoms with Gasteiger partial charge in [-0.25, -0.2) is 0 Å². The monoisotopic (exact) mass is 700 g/mol. The van der Waals surface area contributed by atoms with Crippen LogP contribution in [0.3, 0.4) is 0 Å². The van der Waals surface area contributed by atoms with Crippen molar-refractivity contribution in [1.82, 2.24) is 0 Å². The zero-order valence-electron chi connectivity index (χ0n) is 30.2.